The van der Waals surface area contributed by atoms with E-state index < -0.39 is 0 Å². The summed E-state index contributed by atoms with van der Waals surface area (Å²) >= 11 is 0. The van der Waals surface area contributed by atoms with Gasteiger partial charge in [-0.3, -0.25) is 0 Å². The van der Waals surface area contributed by atoms with Gasteiger partial charge >= 0.3 is 0 Å². The number of nitrogens with one attached hydrogen (secondary N) is 1. The van der Waals surface area contributed by atoms with Crippen molar-refractivity contribution in [2.24, 2.45) is 17.8 Å². The van der Waals surface area contributed by atoms with E-state index in [1.165, 1.54) is 64.3 Å². The molecule has 2 aliphatic carbocycles. The molecule has 0 saturated heterocycles. The fraction of sp³-hybridized carbons (Fsp3) is 1.00. The van der Waals surface area contributed by atoms with Crippen LogP contribution in [0, 0.1) is 17.8 Å². The lowest BCUT2D eigenvalue weighted by atomic mass is 9.70. The lowest BCUT2D eigenvalue weighted by Gasteiger charge is -2.38. The van der Waals surface area contributed by atoms with Crippen molar-refractivity contribution >= 4 is 0 Å². The molecular weight excluding hydrogens is 206 g/mol. The molecule has 4 unspecified atom stereocenters. The van der Waals surface area contributed by atoms with Gasteiger partial charge in [-0.05, 0) is 50.0 Å². The largest absolute Gasteiger partial charge is 0.314 e. The first-order valence-electron chi connectivity index (χ1n) is 8.10. The smallest absolute Gasteiger partial charge is 0.00980 e. The SMILES string of the molecule is CCCNC1CCCC1C1CCCCC1CC. The summed E-state index contributed by atoms with van der Waals surface area (Å²) in [7, 11) is 0. The molecule has 2 aliphatic rings. The number of hydrogen-bond donors (Lipinski definition) is 1. The Labute approximate surface area is 108 Å². The quantitative estimate of drug-likeness (QED) is 0.748. The summed E-state index contributed by atoms with van der Waals surface area (Å²) in [6.07, 6.45) is 13.1. The van der Waals surface area contributed by atoms with E-state index in [0.29, 0.717) is 0 Å². The number of hydrogen-bond acceptors (Lipinski definition) is 1. The molecule has 0 spiro atoms. The van der Waals surface area contributed by atoms with Gasteiger partial charge in [-0.15, -0.1) is 0 Å². The molecule has 2 saturated carbocycles. The van der Waals surface area contributed by atoms with Gasteiger partial charge < -0.3 is 5.32 Å². The first-order valence-corrected chi connectivity index (χ1v) is 8.10. The Kier molecular flexibility index (Phi) is 5.34. The zero-order valence-corrected chi connectivity index (χ0v) is 11.9. The second kappa shape index (κ2) is 6.78. The first-order chi connectivity index (χ1) is 8.36. The summed E-state index contributed by atoms with van der Waals surface area (Å²) in [5.74, 6) is 3.09. The normalized spacial score (nSPS) is 38.5. The fourth-order valence-corrected chi connectivity index (χ4v) is 4.39. The molecule has 2 rings (SSSR count). The minimum Gasteiger partial charge on any atom is -0.314 e. The van der Waals surface area contributed by atoms with Crippen LogP contribution in [0.25, 0.3) is 0 Å². The predicted molar refractivity (Wildman–Crippen MR) is 75.2 cm³/mol. The second-order valence-corrected chi connectivity index (χ2v) is 6.27. The Hall–Kier alpha value is -0.0400. The molecule has 0 radical (unpaired) electrons. The second-order valence-electron chi connectivity index (χ2n) is 6.27. The third-order valence-electron chi connectivity index (χ3n) is 5.27. The monoisotopic (exact) mass is 237 g/mol. The van der Waals surface area contributed by atoms with Crippen LogP contribution in [0.15, 0.2) is 0 Å². The average molecular weight is 237 g/mol. The van der Waals surface area contributed by atoms with Gasteiger partial charge in [0.15, 0.2) is 0 Å². The Morgan fingerprint density at radius 3 is 2.41 bits per heavy atom. The molecule has 1 heteroatoms. The number of rotatable bonds is 5. The molecule has 17 heavy (non-hydrogen) atoms. The lowest BCUT2D eigenvalue weighted by Crippen LogP contribution is -2.39. The van der Waals surface area contributed by atoms with Crippen molar-refractivity contribution < 1.29 is 0 Å². The van der Waals surface area contributed by atoms with Crippen molar-refractivity contribution in [3.63, 3.8) is 0 Å². The van der Waals surface area contributed by atoms with Gasteiger partial charge in [0.1, 0.15) is 0 Å². The van der Waals surface area contributed by atoms with Crippen LogP contribution in [-0.2, 0) is 0 Å². The average Bonchev–Trinajstić information content (AvgIpc) is 2.84. The van der Waals surface area contributed by atoms with Crippen LogP contribution < -0.4 is 5.32 Å². The molecule has 1 nitrogen and oxygen atoms in total. The molecule has 0 bridgehead atoms. The van der Waals surface area contributed by atoms with E-state index in [4.69, 9.17) is 0 Å². The van der Waals surface area contributed by atoms with Crippen molar-refractivity contribution in [1.29, 1.82) is 0 Å². The van der Waals surface area contributed by atoms with Crippen molar-refractivity contribution in [2.45, 2.75) is 77.7 Å². The van der Waals surface area contributed by atoms with Crippen molar-refractivity contribution in [3.8, 4) is 0 Å². The topological polar surface area (TPSA) is 12.0 Å². The predicted octanol–water partition coefficient (Wildman–Crippen LogP) is 4.37. The summed E-state index contributed by atoms with van der Waals surface area (Å²) in [6.45, 7) is 5.92. The van der Waals surface area contributed by atoms with Gasteiger partial charge in [0.05, 0.1) is 0 Å². The van der Waals surface area contributed by atoms with Gasteiger partial charge in [-0.25, -0.2) is 0 Å². The van der Waals surface area contributed by atoms with Crippen LogP contribution in [0.2, 0.25) is 0 Å². The van der Waals surface area contributed by atoms with E-state index in [1.54, 1.807) is 0 Å². The molecule has 100 valence electrons. The van der Waals surface area contributed by atoms with Crippen LogP contribution in [0.5, 0.6) is 0 Å². The molecule has 1 N–H and O–H groups in total. The maximum absolute atomic E-state index is 3.82. The fourth-order valence-electron chi connectivity index (χ4n) is 4.39. The van der Waals surface area contributed by atoms with Gasteiger partial charge in [-0.1, -0.05) is 46.0 Å². The van der Waals surface area contributed by atoms with Crippen molar-refractivity contribution in [1.82, 2.24) is 5.32 Å². The minimum absolute atomic E-state index is 0.854. The van der Waals surface area contributed by atoms with Gasteiger partial charge in [0.2, 0.25) is 0 Å². The molecule has 0 aromatic rings. The van der Waals surface area contributed by atoms with Gasteiger partial charge in [-0.2, -0.15) is 0 Å². The molecule has 0 aliphatic heterocycles. The van der Waals surface area contributed by atoms with E-state index in [1.807, 2.05) is 0 Å². The van der Waals surface area contributed by atoms with Crippen LogP contribution in [-0.4, -0.2) is 12.6 Å². The minimum atomic E-state index is 0.854. The van der Waals surface area contributed by atoms with E-state index in [-0.39, 0.29) is 0 Å². The van der Waals surface area contributed by atoms with Crippen LogP contribution in [0.4, 0.5) is 0 Å². The first kappa shape index (κ1) is 13.4. The highest BCUT2D eigenvalue weighted by Gasteiger charge is 2.37. The highest BCUT2D eigenvalue weighted by Crippen LogP contribution is 2.43. The third-order valence-corrected chi connectivity index (χ3v) is 5.27. The molecule has 4 atom stereocenters. The van der Waals surface area contributed by atoms with Gasteiger partial charge in [0, 0.05) is 6.04 Å². The lowest BCUT2D eigenvalue weighted by molar-refractivity contribution is 0.138. The highest BCUT2D eigenvalue weighted by molar-refractivity contribution is 4.91. The summed E-state index contributed by atoms with van der Waals surface area (Å²) in [4.78, 5) is 0. The Bertz CT molecular complexity index is 214. The van der Waals surface area contributed by atoms with Crippen molar-refractivity contribution in [3.05, 3.63) is 0 Å². The summed E-state index contributed by atoms with van der Waals surface area (Å²) in [6, 6.07) is 0.854. The Morgan fingerprint density at radius 2 is 1.65 bits per heavy atom. The van der Waals surface area contributed by atoms with Crippen LogP contribution in [0.3, 0.4) is 0 Å². The highest BCUT2D eigenvalue weighted by atomic mass is 14.9. The maximum atomic E-state index is 3.82. The molecule has 0 aromatic carbocycles. The molecular formula is C16H31N. The van der Waals surface area contributed by atoms with Crippen LogP contribution >= 0.6 is 0 Å². The van der Waals surface area contributed by atoms with E-state index >= 15 is 0 Å². The van der Waals surface area contributed by atoms with Crippen molar-refractivity contribution in [2.75, 3.05) is 6.54 Å². The Balaban J connectivity index is 1.93. The van der Waals surface area contributed by atoms with Gasteiger partial charge in [0.25, 0.3) is 0 Å². The maximum Gasteiger partial charge on any atom is 0.00980 e. The van der Waals surface area contributed by atoms with E-state index in [0.717, 1.165) is 23.8 Å². The van der Waals surface area contributed by atoms with Crippen LogP contribution in [0.1, 0.15) is 71.6 Å². The summed E-state index contributed by atoms with van der Waals surface area (Å²) in [5, 5.41) is 3.82. The zero-order chi connectivity index (χ0) is 12.1. The molecule has 0 amide bonds. The van der Waals surface area contributed by atoms with E-state index in [9.17, 15) is 0 Å². The summed E-state index contributed by atoms with van der Waals surface area (Å²) in [5.41, 5.74) is 0. The summed E-state index contributed by atoms with van der Waals surface area (Å²) < 4.78 is 0. The molecule has 0 heterocycles. The van der Waals surface area contributed by atoms with E-state index in [2.05, 4.69) is 19.2 Å². The molecule has 0 aromatic heterocycles. The third kappa shape index (κ3) is 3.24. The molecule has 2 fully saturated rings. The standard InChI is InChI=1S/C16H31N/c1-3-12-17-16-11-7-10-15(16)14-9-6-5-8-13(14)4-2/h13-17H,3-12H2,1-2H3. The zero-order valence-electron chi connectivity index (χ0n) is 11.9. The Morgan fingerprint density at radius 1 is 0.882 bits per heavy atom.